The number of ether oxygens (including phenoxy) is 2. The summed E-state index contributed by atoms with van der Waals surface area (Å²) < 4.78 is 10.6. The van der Waals surface area contributed by atoms with Crippen LogP contribution in [-0.4, -0.2) is 24.6 Å². The maximum absolute atomic E-state index is 11.7. The van der Waals surface area contributed by atoms with Crippen LogP contribution in [0.4, 0.5) is 0 Å². The van der Waals surface area contributed by atoms with E-state index in [1.54, 1.807) is 0 Å². The fraction of sp³-hybridized carbons (Fsp3) is 0.826. The van der Waals surface area contributed by atoms with Gasteiger partial charge in [0.15, 0.2) is 0 Å². The maximum atomic E-state index is 11.7. The molecule has 4 nitrogen and oxygen atoms in total. The minimum Gasteiger partial charge on any atom is -0.462 e. The third-order valence-corrected chi connectivity index (χ3v) is 4.61. The van der Waals surface area contributed by atoms with E-state index < -0.39 is 0 Å². The number of esters is 2. The van der Waals surface area contributed by atoms with Crippen molar-refractivity contribution in [3.63, 3.8) is 0 Å². The minimum absolute atomic E-state index is 0.0101. The summed E-state index contributed by atoms with van der Waals surface area (Å²) in [4.78, 5) is 23.4. The zero-order valence-electron chi connectivity index (χ0n) is 18.0. The van der Waals surface area contributed by atoms with Crippen molar-refractivity contribution in [2.45, 2.75) is 117 Å². The molecule has 0 aliphatic rings. The lowest BCUT2D eigenvalue weighted by atomic mass is 10.1. The van der Waals surface area contributed by atoms with Crippen LogP contribution in [0.3, 0.4) is 0 Å². The second kappa shape index (κ2) is 19.4. The lowest BCUT2D eigenvalue weighted by molar-refractivity contribution is -0.150. The summed E-state index contributed by atoms with van der Waals surface area (Å²) in [5.41, 5.74) is 0. The molecule has 27 heavy (non-hydrogen) atoms. The lowest BCUT2D eigenvalue weighted by Gasteiger charge is -2.14. The van der Waals surface area contributed by atoms with Crippen LogP contribution >= 0.6 is 0 Å². The van der Waals surface area contributed by atoms with E-state index in [4.69, 9.17) is 9.47 Å². The van der Waals surface area contributed by atoms with Crippen LogP contribution in [-0.2, 0) is 19.1 Å². The van der Waals surface area contributed by atoms with E-state index in [0.29, 0.717) is 13.0 Å². The Bertz CT molecular complexity index is 390. The molecule has 158 valence electrons. The minimum atomic E-state index is -0.246. The Kier molecular flexibility index (Phi) is 18.5. The number of rotatable bonds is 18. The van der Waals surface area contributed by atoms with Crippen molar-refractivity contribution in [2.75, 3.05) is 6.61 Å². The van der Waals surface area contributed by atoms with E-state index in [2.05, 4.69) is 19.9 Å². The molecular formula is C23H42O4. The summed E-state index contributed by atoms with van der Waals surface area (Å²) in [6.45, 7) is 6.66. The fourth-order valence-corrected chi connectivity index (χ4v) is 2.91. The Morgan fingerprint density at radius 1 is 0.778 bits per heavy atom. The molecule has 0 saturated carbocycles. The van der Waals surface area contributed by atoms with Crippen LogP contribution in [0.25, 0.3) is 0 Å². The molecule has 0 rings (SSSR count). The highest BCUT2D eigenvalue weighted by atomic mass is 16.5. The van der Waals surface area contributed by atoms with Gasteiger partial charge < -0.3 is 9.47 Å². The molecule has 0 amide bonds. The molecule has 0 aliphatic heterocycles. The average molecular weight is 383 g/mol. The first-order valence-corrected chi connectivity index (χ1v) is 11.1. The van der Waals surface area contributed by atoms with Gasteiger partial charge in [0.25, 0.3) is 0 Å². The summed E-state index contributed by atoms with van der Waals surface area (Å²) in [5.74, 6) is -0.457. The van der Waals surface area contributed by atoms with Crippen molar-refractivity contribution in [1.82, 2.24) is 0 Å². The van der Waals surface area contributed by atoms with Crippen LogP contribution in [0.2, 0.25) is 0 Å². The van der Waals surface area contributed by atoms with Crippen LogP contribution < -0.4 is 0 Å². The first-order valence-electron chi connectivity index (χ1n) is 11.1. The highest BCUT2D eigenvalue weighted by molar-refractivity contribution is 5.72. The number of unbranched alkanes of at least 4 members (excludes halogenated alkanes) is 7. The number of hydrogen-bond donors (Lipinski definition) is 0. The molecule has 0 saturated heterocycles. The number of hydrogen-bond acceptors (Lipinski definition) is 4. The van der Waals surface area contributed by atoms with Gasteiger partial charge >= 0.3 is 11.9 Å². The molecule has 0 fully saturated rings. The summed E-state index contributed by atoms with van der Waals surface area (Å²) in [6, 6.07) is 0. The molecule has 0 heterocycles. The zero-order valence-corrected chi connectivity index (χ0v) is 18.0. The van der Waals surface area contributed by atoms with Crippen LogP contribution in [0, 0.1) is 0 Å². The average Bonchev–Trinajstić information content (AvgIpc) is 2.65. The second-order valence-electron chi connectivity index (χ2n) is 7.23. The molecule has 0 aromatic rings. The van der Waals surface area contributed by atoms with E-state index in [9.17, 15) is 9.59 Å². The summed E-state index contributed by atoms with van der Waals surface area (Å²) in [5, 5.41) is 0. The van der Waals surface area contributed by atoms with Crippen molar-refractivity contribution in [1.29, 1.82) is 0 Å². The molecule has 1 atom stereocenters. The monoisotopic (exact) mass is 382 g/mol. The number of carbonyl (C=O) groups is 2. The Morgan fingerprint density at radius 3 is 2.11 bits per heavy atom. The Morgan fingerprint density at radius 2 is 1.44 bits per heavy atom. The van der Waals surface area contributed by atoms with Gasteiger partial charge in [-0.05, 0) is 32.1 Å². The quantitative estimate of drug-likeness (QED) is 0.154. The van der Waals surface area contributed by atoms with Crippen LogP contribution in [0.1, 0.15) is 111 Å². The van der Waals surface area contributed by atoms with E-state index in [1.165, 1.54) is 44.9 Å². The molecule has 0 aliphatic carbocycles. The van der Waals surface area contributed by atoms with Gasteiger partial charge in [0.05, 0.1) is 0 Å². The predicted octanol–water partition coefficient (Wildman–Crippen LogP) is 6.52. The van der Waals surface area contributed by atoms with Crippen LogP contribution in [0.5, 0.6) is 0 Å². The summed E-state index contributed by atoms with van der Waals surface area (Å²) >= 11 is 0. The molecule has 0 bridgehead atoms. The molecular weight excluding hydrogens is 340 g/mol. The predicted molar refractivity (Wildman–Crippen MR) is 112 cm³/mol. The molecule has 0 aromatic carbocycles. The Labute approximate surface area is 167 Å². The highest BCUT2D eigenvalue weighted by Crippen LogP contribution is 2.10. The second-order valence-corrected chi connectivity index (χ2v) is 7.23. The van der Waals surface area contributed by atoms with Gasteiger partial charge in [-0.3, -0.25) is 9.59 Å². The molecule has 4 heteroatoms. The fourth-order valence-electron chi connectivity index (χ4n) is 2.91. The summed E-state index contributed by atoms with van der Waals surface area (Å²) in [6.07, 6.45) is 18.0. The first kappa shape index (κ1) is 25.7. The van der Waals surface area contributed by atoms with Gasteiger partial charge in [0, 0.05) is 12.8 Å². The van der Waals surface area contributed by atoms with E-state index in [0.717, 1.165) is 25.7 Å². The van der Waals surface area contributed by atoms with Gasteiger partial charge in [-0.15, -0.1) is 0 Å². The summed E-state index contributed by atoms with van der Waals surface area (Å²) in [7, 11) is 0. The van der Waals surface area contributed by atoms with E-state index in [-0.39, 0.29) is 30.9 Å². The zero-order chi connectivity index (χ0) is 20.2. The Balaban J connectivity index is 3.54. The molecule has 0 spiro atoms. The Hall–Kier alpha value is -1.32. The van der Waals surface area contributed by atoms with Crippen molar-refractivity contribution in [3.05, 3.63) is 12.2 Å². The standard InChI is InChI=1S/C23H42O4/c1-4-7-8-9-10-11-12-13-14-15-20-26-22(24)18-16-19-23(25)27-21(6-3)17-5-2/h14-15,21H,4-13,16-20H2,1-3H3/b15-14+. The SMILES string of the molecule is CCCCCCCCC/C=C/COC(=O)CCCC(=O)OC(CC)CCC. The smallest absolute Gasteiger partial charge is 0.306 e. The molecule has 0 radical (unpaired) electrons. The van der Waals surface area contributed by atoms with Crippen molar-refractivity contribution < 1.29 is 19.1 Å². The molecule has 1 unspecified atom stereocenters. The molecule has 0 aromatic heterocycles. The largest absolute Gasteiger partial charge is 0.462 e. The lowest BCUT2D eigenvalue weighted by Crippen LogP contribution is -2.17. The first-order chi connectivity index (χ1) is 13.1. The van der Waals surface area contributed by atoms with Gasteiger partial charge in [0.1, 0.15) is 12.7 Å². The van der Waals surface area contributed by atoms with Crippen molar-refractivity contribution in [3.8, 4) is 0 Å². The van der Waals surface area contributed by atoms with Gasteiger partial charge in [-0.2, -0.15) is 0 Å². The number of carbonyl (C=O) groups excluding carboxylic acids is 2. The van der Waals surface area contributed by atoms with Crippen LogP contribution in [0.15, 0.2) is 12.2 Å². The van der Waals surface area contributed by atoms with E-state index in [1.807, 2.05) is 13.0 Å². The van der Waals surface area contributed by atoms with Crippen molar-refractivity contribution >= 4 is 11.9 Å². The van der Waals surface area contributed by atoms with E-state index >= 15 is 0 Å². The highest BCUT2D eigenvalue weighted by Gasteiger charge is 2.12. The number of allylic oxidation sites excluding steroid dienone is 1. The maximum Gasteiger partial charge on any atom is 0.306 e. The van der Waals surface area contributed by atoms with Gasteiger partial charge in [-0.1, -0.05) is 77.9 Å². The molecule has 0 N–H and O–H groups in total. The topological polar surface area (TPSA) is 52.6 Å². The van der Waals surface area contributed by atoms with Gasteiger partial charge in [0.2, 0.25) is 0 Å². The van der Waals surface area contributed by atoms with Gasteiger partial charge in [-0.25, -0.2) is 0 Å². The third-order valence-electron chi connectivity index (χ3n) is 4.61. The van der Waals surface area contributed by atoms with Crippen molar-refractivity contribution in [2.24, 2.45) is 0 Å². The normalized spacial score (nSPS) is 12.3. The third kappa shape index (κ3) is 17.8.